The Morgan fingerprint density at radius 2 is 1.97 bits per heavy atom. The molecular weight excluding hydrogens is 628 g/mol. The van der Waals surface area contributed by atoms with Crippen LogP contribution in [-0.4, -0.2) is 39.2 Å². The largest absolute Gasteiger partial charge is 0.417 e. The number of halogens is 6. The monoisotopic (exact) mass is 646 g/mol. The number of amides is 1. The van der Waals surface area contributed by atoms with Crippen molar-refractivity contribution in [3.63, 3.8) is 0 Å². The van der Waals surface area contributed by atoms with Crippen LogP contribution in [0.25, 0.3) is 0 Å². The summed E-state index contributed by atoms with van der Waals surface area (Å²) < 4.78 is 54.2. The van der Waals surface area contributed by atoms with Gasteiger partial charge in [0, 0.05) is 47.6 Å². The Labute approximate surface area is 237 Å². The maximum absolute atomic E-state index is 14.3. The van der Waals surface area contributed by atoms with Crippen molar-refractivity contribution in [2.45, 2.75) is 44.0 Å². The second-order valence-corrected chi connectivity index (χ2v) is 11.4. The van der Waals surface area contributed by atoms with Gasteiger partial charge in [-0.3, -0.25) is 9.59 Å². The molecular formula is C25H20BrClF4N4O3S. The first-order chi connectivity index (χ1) is 18.5. The number of thiazole rings is 1. The van der Waals surface area contributed by atoms with E-state index in [-0.39, 0.29) is 10.4 Å². The van der Waals surface area contributed by atoms with E-state index in [1.54, 1.807) is 17.0 Å². The fourth-order valence-electron chi connectivity index (χ4n) is 4.56. The van der Waals surface area contributed by atoms with Crippen LogP contribution >= 0.6 is 38.9 Å². The highest BCUT2D eigenvalue weighted by Crippen LogP contribution is 2.35. The van der Waals surface area contributed by atoms with E-state index in [1.165, 1.54) is 17.4 Å². The van der Waals surface area contributed by atoms with Gasteiger partial charge < -0.3 is 14.3 Å². The summed E-state index contributed by atoms with van der Waals surface area (Å²) in [5, 5.41) is 7.14. The normalized spacial score (nSPS) is 18.3. The van der Waals surface area contributed by atoms with Gasteiger partial charge >= 0.3 is 6.18 Å². The minimum atomic E-state index is -4.64. The third kappa shape index (κ3) is 6.04. The lowest BCUT2D eigenvalue weighted by atomic mass is 9.97. The van der Waals surface area contributed by atoms with E-state index in [4.69, 9.17) is 21.4 Å². The zero-order valence-corrected chi connectivity index (χ0v) is 23.2. The number of carbonyl (C=O) groups excluding carboxylic acids is 1. The highest BCUT2D eigenvalue weighted by molar-refractivity contribution is 9.10. The lowest BCUT2D eigenvalue weighted by Gasteiger charge is -2.31. The van der Waals surface area contributed by atoms with Gasteiger partial charge in [-0.25, -0.2) is 9.37 Å². The number of nitrogens with zero attached hydrogens (tertiary/aromatic N) is 4. The second kappa shape index (κ2) is 11.0. The lowest BCUT2D eigenvalue weighted by molar-refractivity contribution is -0.139. The quantitative estimate of drug-likeness (QED) is 0.312. The molecule has 2 aliphatic heterocycles. The number of oxime groups is 1. The van der Waals surface area contributed by atoms with Crippen molar-refractivity contribution in [3.8, 4) is 0 Å². The molecule has 0 radical (unpaired) electrons. The summed E-state index contributed by atoms with van der Waals surface area (Å²) in [4.78, 5) is 36.8. The van der Waals surface area contributed by atoms with Crippen LogP contribution in [0.2, 0.25) is 5.02 Å². The molecule has 1 saturated heterocycles. The van der Waals surface area contributed by atoms with Gasteiger partial charge in [-0.1, -0.05) is 22.8 Å². The first kappa shape index (κ1) is 27.8. The van der Waals surface area contributed by atoms with E-state index in [2.05, 4.69) is 21.1 Å². The van der Waals surface area contributed by atoms with E-state index in [1.807, 2.05) is 5.38 Å². The van der Waals surface area contributed by atoms with Gasteiger partial charge in [0.05, 0.1) is 20.7 Å². The summed E-state index contributed by atoms with van der Waals surface area (Å²) in [5.74, 6) is -0.806. The maximum Gasteiger partial charge on any atom is 0.417 e. The van der Waals surface area contributed by atoms with Crippen molar-refractivity contribution in [2.24, 2.45) is 5.16 Å². The molecule has 4 heterocycles. The Balaban J connectivity index is 1.18. The van der Waals surface area contributed by atoms with Gasteiger partial charge in [0.1, 0.15) is 18.1 Å². The Kier molecular flexibility index (Phi) is 7.84. The molecule has 1 unspecified atom stereocenters. The Hall–Kier alpha value is -2.77. The van der Waals surface area contributed by atoms with E-state index < -0.39 is 41.7 Å². The number of alkyl halides is 3. The molecule has 0 spiro atoms. The molecule has 1 atom stereocenters. The molecule has 14 heteroatoms. The third-order valence-corrected chi connectivity index (χ3v) is 8.48. The first-order valence-corrected chi connectivity index (χ1v) is 13.9. The van der Waals surface area contributed by atoms with Gasteiger partial charge in [-0.05, 0) is 47.0 Å². The van der Waals surface area contributed by atoms with Gasteiger partial charge in [0.2, 0.25) is 5.91 Å². The molecule has 1 amide bonds. The summed E-state index contributed by atoms with van der Waals surface area (Å²) in [6, 6.07) is 5.10. The SMILES string of the molecule is O=C(Cn1cc(C(F)(F)F)cc(Br)c1=O)N1CCC(c2nc(C3=NOC(c4ccc(Cl)cc4F)C3)cs2)CC1. The van der Waals surface area contributed by atoms with Crippen LogP contribution in [-0.2, 0) is 22.4 Å². The van der Waals surface area contributed by atoms with Crippen molar-refractivity contribution in [2.75, 3.05) is 13.1 Å². The van der Waals surface area contributed by atoms with Crippen LogP contribution in [0.5, 0.6) is 0 Å². The molecule has 206 valence electrons. The number of likely N-dealkylation sites (tertiary alicyclic amines) is 1. The summed E-state index contributed by atoms with van der Waals surface area (Å²) in [5.41, 5.74) is -0.0873. The van der Waals surface area contributed by atoms with Crippen LogP contribution in [0.4, 0.5) is 17.6 Å². The average molecular weight is 648 g/mol. The van der Waals surface area contributed by atoms with Crippen molar-refractivity contribution < 1.29 is 27.2 Å². The highest BCUT2D eigenvalue weighted by Gasteiger charge is 2.33. The van der Waals surface area contributed by atoms with E-state index >= 15 is 0 Å². The fraction of sp³-hybridized carbons (Fsp3) is 0.360. The molecule has 7 nitrogen and oxygen atoms in total. The van der Waals surface area contributed by atoms with Crippen molar-refractivity contribution in [3.05, 3.63) is 83.3 Å². The number of rotatable bonds is 5. The number of benzene rings is 1. The molecule has 2 aromatic heterocycles. The number of carbonyl (C=O) groups is 1. The number of hydrogen-bond donors (Lipinski definition) is 0. The number of aromatic nitrogens is 2. The van der Waals surface area contributed by atoms with E-state index in [9.17, 15) is 27.2 Å². The highest BCUT2D eigenvalue weighted by atomic mass is 79.9. The van der Waals surface area contributed by atoms with Gasteiger partial charge in [0.15, 0.2) is 6.10 Å². The Morgan fingerprint density at radius 3 is 2.67 bits per heavy atom. The summed E-state index contributed by atoms with van der Waals surface area (Å²) in [6.45, 7) is 0.285. The second-order valence-electron chi connectivity index (χ2n) is 9.24. The van der Waals surface area contributed by atoms with Crippen LogP contribution in [0.1, 0.15) is 53.1 Å². The molecule has 1 fully saturated rings. The molecule has 2 aliphatic rings. The van der Waals surface area contributed by atoms with Crippen LogP contribution in [0.3, 0.4) is 0 Å². The Bertz CT molecular complexity index is 1500. The zero-order chi connectivity index (χ0) is 27.9. The smallest absolute Gasteiger partial charge is 0.387 e. The molecule has 5 rings (SSSR count). The molecule has 1 aromatic carbocycles. The van der Waals surface area contributed by atoms with Gasteiger partial charge in [-0.15, -0.1) is 11.3 Å². The standard InChI is InChI=1S/C25H20BrClF4N4O3S/c26-17-7-14(25(29,30)31)10-35(24(17)37)11-22(36)34-5-3-13(4-6-34)23-32-20(12-39-23)19-9-21(38-33-19)16-2-1-15(27)8-18(16)28/h1-2,7-8,10,12-13,21H,3-6,9,11H2. The van der Waals surface area contributed by atoms with E-state index in [0.717, 1.165) is 9.57 Å². The van der Waals surface area contributed by atoms with Gasteiger partial charge in [0.25, 0.3) is 5.56 Å². The number of pyridine rings is 1. The molecule has 0 aliphatic carbocycles. The fourth-order valence-corrected chi connectivity index (χ4v) is 6.19. The molecule has 0 N–H and O–H groups in total. The predicted molar refractivity (Wildman–Crippen MR) is 140 cm³/mol. The Morgan fingerprint density at radius 1 is 1.23 bits per heavy atom. The first-order valence-electron chi connectivity index (χ1n) is 11.9. The zero-order valence-electron chi connectivity index (χ0n) is 20.1. The van der Waals surface area contributed by atoms with Gasteiger partial charge in [-0.2, -0.15) is 13.2 Å². The summed E-state index contributed by atoms with van der Waals surface area (Å²) in [7, 11) is 0. The maximum atomic E-state index is 14.3. The van der Waals surface area contributed by atoms with Crippen LogP contribution < -0.4 is 5.56 Å². The lowest BCUT2D eigenvalue weighted by Crippen LogP contribution is -2.41. The van der Waals surface area contributed by atoms with Crippen molar-refractivity contribution >= 4 is 50.5 Å². The third-order valence-electron chi connectivity index (χ3n) is 6.67. The van der Waals surface area contributed by atoms with E-state index in [0.29, 0.717) is 66.6 Å². The predicted octanol–water partition coefficient (Wildman–Crippen LogP) is 6.15. The molecule has 3 aromatic rings. The number of hydrogen-bond acceptors (Lipinski definition) is 6. The average Bonchev–Trinajstić information content (AvgIpc) is 3.56. The number of piperidine rings is 1. The van der Waals surface area contributed by atoms with Crippen LogP contribution in [0.15, 0.2) is 50.3 Å². The summed E-state index contributed by atoms with van der Waals surface area (Å²) >= 11 is 10.1. The van der Waals surface area contributed by atoms with Crippen LogP contribution in [0, 0.1) is 5.82 Å². The minimum Gasteiger partial charge on any atom is -0.387 e. The topological polar surface area (TPSA) is 76.8 Å². The minimum absolute atomic E-state index is 0.0886. The van der Waals surface area contributed by atoms with Crippen molar-refractivity contribution in [1.29, 1.82) is 0 Å². The molecule has 0 bridgehead atoms. The molecule has 0 saturated carbocycles. The summed E-state index contributed by atoms with van der Waals surface area (Å²) in [6.07, 6.45) is -2.96. The van der Waals surface area contributed by atoms with Crippen molar-refractivity contribution in [1.82, 2.24) is 14.5 Å². The molecule has 39 heavy (non-hydrogen) atoms.